The number of aliphatic hydroxyl groups is 2. The number of nitrogens with zero attached hydrogens (tertiary/aromatic N) is 1. The number of unbranched alkanes of at least 4 members (excludes halogenated alkanes) is 2. The normalized spacial score (nSPS) is 31.8. The van der Waals surface area contributed by atoms with Gasteiger partial charge in [-0.05, 0) is 61.9 Å². The van der Waals surface area contributed by atoms with E-state index in [2.05, 4.69) is 26.8 Å². The number of nitriles is 1. The highest BCUT2D eigenvalue weighted by atomic mass is 16.5. The highest BCUT2D eigenvalue weighted by Crippen LogP contribution is 2.50. The lowest BCUT2D eigenvalue weighted by atomic mass is 9.82. The topological polar surface area (TPSA) is 73.5 Å². The summed E-state index contributed by atoms with van der Waals surface area (Å²) < 4.78 is 5.93. The second kappa shape index (κ2) is 9.76. The van der Waals surface area contributed by atoms with Crippen LogP contribution in [0.5, 0.6) is 0 Å². The lowest BCUT2D eigenvalue weighted by molar-refractivity contribution is 0.0384. The van der Waals surface area contributed by atoms with Crippen molar-refractivity contribution in [3.63, 3.8) is 0 Å². The third kappa shape index (κ3) is 5.72. The van der Waals surface area contributed by atoms with Crippen molar-refractivity contribution in [2.75, 3.05) is 6.61 Å². The summed E-state index contributed by atoms with van der Waals surface area (Å²) in [5.41, 5.74) is 0.189. The van der Waals surface area contributed by atoms with Gasteiger partial charge >= 0.3 is 0 Å². The molecule has 4 nitrogen and oxygen atoms in total. The number of hydrogen-bond donors (Lipinski definition) is 2. The van der Waals surface area contributed by atoms with Crippen molar-refractivity contribution in [2.45, 2.75) is 90.8 Å². The predicted molar refractivity (Wildman–Crippen MR) is 104 cm³/mol. The molecule has 0 aliphatic heterocycles. The quantitative estimate of drug-likeness (QED) is 0.417. The molecule has 0 aromatic carbocycles. The highest BCUT2D eigenvalue weighted by molar-refractivity contribution is 5.11. The molecule has 148 valence electrons. The predicted octanol–water partition coefficient (Wildman–Crippen LogP) is 5.13. The fourth-order valence-corrected chi connectivity index (χ4v) is 4.79. The van der Waals surface area contributed by atoms with E-state index in [1.54, 1.807) is 0 Å². The number of fused-ring (bicyclic) bond motifs is 1. The van der Waals surface area contributed by atoms with Gasteiger partial charge in [0.2, 0.25) is 0 Å². The van der Waals surface area contributed by atoms with E-state index >= 15 is 0 Å². The van der Waals surface area contributed by atoms with Crippen LogP contribution in [0.15, 0.2) is 11.8 Å². The molecule has 0 heterocycles. The first kappa shape index (κ1) is 21.3. The Morgan fingerprint density at radius 3 is 2.73 bits per heavy atom. The number of allylic oxidation sites excluding steroid dienone is 1. The van der Waals surface area contributed by atoms with Crippen molar-refractivity contribution < 1.29 is 14.9 Å². The number of rotatable bonds is 10. The van der Waals surface area contributed by atoms with Crippen molar-refractivity contribution in [1.82, 2.24) is 0 Å². The fraction of sp³-hybridized carbons (Fsp3) is 0.864. The molecule has 0 bridgehead atoms. The standard InChI is InChI=1S/C22H37NO3/c1-4-5-9-22(2,3)10-8-19(24)21-18-15-17(26-12-7-6-11-23)13-16(18)14-20(21)25/h8,16-18,20-21,24-25H,4-7,9-10,12-15H2,1-3H3/b19-8+/t16-,17+,18-,20-,21+/m1/s1. The Hall–Kier alpha value is -1.05. The molecule has 4 heteroatoms. The van der Waals surface area contributed by atoms with Crippen molar-refractivity contribution in [1.29, 1.82) is 5.26 Å². The SMILES string of the molecule is CCCCC(C)(C)C/C=C(/O)[C@@H]1[C@@H]2C[C@@H](OCCCC#N)C[C@@H]2C[C@H]1O. The summed E-state index contributed by atoms with van der Waals surface area (Å²) in [6.45, 7) is 7.34. The molecule has 2 rings (SSSR count). The molecule has 0 amide bonds. The lowest BCUT2D eigenvalue weighted by Crippen LogP contribution is -2.23. The third-order valence-corrected chi connectivity index (χ3v) is 6.33. The average Bonchev–Trinajstić information content (AvgIpc) is 3.11. The van der Waals surface area contributed by atoms with E-state index < -0.39 is 6.10 Å². The second-order valence-electron chi connectivity index (χ2n) is 9.08. The van der Waals surface area contributed by atoms with Crippen LogP contribution in [-0.4, -0.2) is 29.0 Å². The molecule has 5 atom stereocenters. The molecule has 0 saturated heterocycles. The van der Waals surface area contributed by atoms with E-state index in [-0.39, 0.29) is 17.4 Å². The van der Waals surface area contributed by atoms with Gasteiger partial charge in [0.1, 0.15) is 0 Å². The monoisotopic (exact) mass is 363 g/mol. The summed E-state index contributed by atoms with van der Waals surface area (Å²) in [6.07, 6.45) is 10.1. The van der Waals surface area contributed by atoms with Crippen molar-refractivity contribution in [2.24, 2.45) is 23.2 Å². The molecule has 2 aliphatic carbocycles. The minimum atomic E-state index is -0.431. The van der Waals surface area contributed by atoms with Crippen molar-refractivity contribution >= 4 is 0 Å². The molecule has 0 aromatic heterocycles. The van der Waals surface area contributed by atoms with E-state index in [4.69, 9.17) is 10.00 Å². The molecular weight excluding hydrogens is 326 g/mol. The molecule has 0 aromatic rings. The van der Waals surface area contributed by atoms with Crippen LogP contribution < -0.4 is 0 Å². The lowest BCUT2D eigenvalue weighted by Gasteiger charge is -2.25. The van der Waals surface area contributed by atoms with Gasteiger partial charge in [-0.1, -0.05) is 33.6 Å². The molecule has 2 aliphatic rings. The fourth-order valence-electron chi connectivity index (χ4n) is 4.79. The Balaban J connectivity index is 1.90. The van der Waals surface area contributed by atoms with Crippen LogP contribution in [0.3, 0.4) is 0 Å². The molecule has 2 saturated carbocycles. The summed E-state index contributed by atoms with van der Waals surface area (Å²) in [6, 6.07) is 2.15. The summed E-state index contributed by atoms with van der Waals surface area (Å²) in [4.78, 5) is 0. The van der Waals surface area contributed by atoms with Crippen molar-refractivity contribution in [3.05, 3.63) is 11.8 Å². The molecular formula is C22H37NO3. The van der Waals surface area contributed by atoms with Crippen molar-refractivity contribution in [3.8, 4) is 6.07 Å². The minimum absolute atomic E-state index is 0.130. The van der Waals surface area contributed by atoms with Gasteiger partial charge in [-0.2, -0.15) is 5.26 Å². The van der Waals surface area contributed by atoms with Crippen LogP contribution in [-0.2, 0) is 4.74 Å². The number of hydrogen-bond acceptors (Lipinski definition) is 4. The summed E-state index contributed by atoms with van der Waals surface area (Å²) in [5, 5.41) is 29.8. The van der Waals surface area contributed by atoms with E-state index in [0.29, 0.717) is 30.6 Å². The Morgan fingerprint density at radius 2 is 2.04 bits per heavy atom. The molecule has 2 fully saturated rings. The van der Waals surface area contributed by atoms with Crippen LogP contribution in [0.4, 0.5) is 0 Å². The van der Waals surface area contributed by atoms with Crippen LogP contribution in [0.2, 0.25) is 0 Å². The van der Waals surface area contributed by atoms with E-state index in [1.807, 2.05) is 6.08 Å². The Morgan fingerprint density at radius 1 is 1.27 bits per heavy atom. The smallest absolute Gasteiger partial charge is 0.0942 e. The molecule has 26 heavy (non-hydrogen) atoms. The van der Waals surface area contributed by atoms with Gasteiger partial charge in [-0.15, -0.1) is 0 Å². The van der Waals surface area contributed by atoms with Gasteiger partial charge in [0.25, 0.3) is 0 Å². The maximum atomic E-state index is 10.7. The van der Waals surface area contributed by atoms with Crippen LogP contribution in [0, 0.1) is 34.5 Å². The summed E-state index contributed by atoms with van der Waals surface area (Å²) in [7, 11) is 0. The second-order valence-corrected chi connectivity index (χ2v) is 9.08. The first-order valence-corrected chi connectivity index (χ1v) is 10.4. The Kier molecular flexibility index (Phi) is 7.98. The Bertz CT molecular complexity index is 508. The van der Waals surface area contributed by atoms with E-state index in [1.165, 1.54) is 12.8 Å². The third-order valence-electron chi connectivity index (χ3n) is 6.33. The first-order valence-electron chi connectivity index (χ1n) is 10.4. The van der Waals surface area contributed by atoms with Gasteiger partial charge in [0.15, 0.2) is 0 Å². The molecule has 0 unspecified atom stereocenters. The number of aliphatic hydroxyl groups excluding tert-OH is 2. The van der Waals surface area contributed by atoms with Gasteiger partial charge < -0.3 is 14.9 Å². The van der Waals surface area contributed by atoms with E-state index in [9.17, 15) is 10.2 Å². The maximum absolute atomic E-state index is 10.7. The number of ether oxygens (including phenoxy) is 1. The summed E-state index contributed by atoms with van der Waals surface area (Å²) in [5.74, 6) is 1.02. The first-order chi connectivity index (χ1) is 12.4. The van der Waals surface area contributed by atoms with Gasteiger partial charge in [-0.3, -0.25) is 0 Å². The maximum Gasteiger partial charge on any atom is 0.0942 e. The molecule has 2 N–H and O–H groups in total. The highest BCUT2D eigenvalue weighted by Gasteiger charge is 2.49. The average molecular weight is 364 g/mol. The zero-order chi connectivity index (χ0) is 19.2. The van der Waals surface area contributed by atoms with Gasteiger partial charge in [0.05, 0.1) is 24.0 Å². The van der Waals surface area contributed by atoms with Crippen LogP contribution in [0.1, 0.15) is 78.6 Å². The Labute approximate surface area is 159 Å². The zero-order valence-electron chi connectivity index (χ0n) is 16.8. The largest absolute Gasteiger partial charge is 0.512 e. The molecule has 0 radical (unpaired) electrons. The zero-order valence-corrected chi connectivity index (χ0v) is 16.8. The minimum Gasteiger partial charge on any atom is -0.512 e. The van der Waals surface area contributed by atoms with Crippen LogP contribution >= 0.6 is 0 Å². The summed E-state index contributed by atoms with van der Waals surface area (Å²) >= 11 is 0. The van der Waals surface area contributed by atoms with Crippen LogP contribution in [0.25, 0.3) is 0 Å². The van der Waals surface area contributed by atoms with E-state index in [0.717, 1.165) is 38.5 Å². The van der Waals surface area contributed by atoms with Gasteiger partial charge in [0, 0.05) is 18.9 Å². The molecule has 0 spiro atoms. The van der Waals surface area contributed by atoms with Gasteiger partial charge in [-0.25, -0.2) is 0 Å².